The second-order valence-corrected chi connectivity index (χ2v) is 4.44. The molecule has 106 valence electrons. The minimum absolute atomic E-state index is 0.229. The number of urea groups is 1. The van der Waals surface area contributed by atoms with Gasteiger partial charge in [0.1, 0.15) is 5.58 Å². The highest BCUT2D eigenvalue weighted by atomic mass is 16.5. The molecule has 3 rings (SSSR count). The first-order valence-electron chi connectivity index (χ1n) is 6.21. The van der Waals surface area contributed by atoms with Gasteiger partial charge in [-0.1, -0.05) is 12.1 Å². The lowest BCUT2D eigenvalue weighted by Gasteiger charge is -2.10. The lowest BCUT2D eigenvalue weighted by atomic mass is 10.1. The molecule has 0 saturated heterocycles. The summed E-state index contributed by atoms with van der Waals surface area (Å²) >= 11 is 0. The van der Waals surface area contributed by atoms with Crippen LogP contribution >= 0.6 is 0 Å². The number of primary amides is 1. The summed E-state index contributed by atoms with van der Waals surface area (Å²) in [5.74, 6) is 0.405. The Balaban J connectivity index is 2.49. The van der Waals surface area contributed by atoms with Crippen LogP contribution in [-0.4, -0.2) is 13.1 Å². The number of carbonyl (C=O) groups excluding carboxylic acids is 1. The number of fused-ring (bicyclic) bond motifs is 2. The standard InChI is InChI=1S/C15H12N2O4/c1-20-11-7-6-9(17-15(16)19)12-13(18)8-4-2-3-5-10(8)21-14(11)12/h2-7H,1H3,(H3,16,17,19). The summed E-state index contributed by atoms with van der Waals surface area (Å²) in [6.45, 7) is 0. The van der Waals surface area contributed by atoms with Crippen molar-refractivity contribution < 1.29 is 13.9 Å². The smallest absolute Gasteiger partial charge is 0.316 e. The topological polar surface area (TPSA) is 94.6 Å². The van der Waals surface area contributed by atoms with Crippen LogP contribution in [0.4, 0.5) is 10.5 Å². The molecule has 0 aliphatic rings. The van der Waals surface area contributed by atoms with Gasteiger partial charge in [-0.15, -0.1) is 0 Å². The van der Waals surface area contributed by atoms with Crippen LogP contribution in [0.2, 0.25) is 0 Å². The molecule has 1 heterocycles. The zero-order valence-corrected chi connectivity index (χ0v) is 11.2. The Morgan fingerprint density at radius 1 is 1.24 bits per heavy atom. The molecule has 1 aromatic heterocycles. The Labute approximate surface area is 119 Å². The van der Waals surface area contributed by atoms with Crippen molar-refractivity contribution in [1.29, 1.82) is 0 Å². The van der Waals surface area contributed by atoms with E-state index in [1.807, 2.05) is 0 Å². The van der Waals surface area contributed by atoms with Crippen molar-refractivity contribution >= 4 is 33.7 Å². The normalized spacial score (nSPS) is 10.7. The van der Waals surface area contributed by atoms with Crippen molar-refractivity contribution in [2.45, 2.75) is 0 Å². The third-order valence-corrected chi connectivity index (χ3v) is 3.17. The monoisotopic (exact) mass is 284 g/mol. The first kappa shape index (κ1) is 13.0. The van der Waals surface area contributed by atoms with Gasteiger partial charge in [-0.05, 0) is 24.3 Å². The van der Waals surface area contributed by atoms with Gasteiger partial charge in [0, 0.05) is 0 Å². The van der Waals surface area contributed by atoms with Crippen molar-refractivity contribution in [2.24, 2.45) is 5.73 Å². The molecule has 0 radical (unpaired) electrons. The molecule has 0 unspecified atom stereocenters. The number of methoxy groups -OCH3 is 1. The number of rotatable bonds is 2. The van der Waals surface area contributed by atoms with Crippen molar-refractivity contribution in [3.8, 4) is 5.75 Å². The summed E-state index contributed by atoms with van der Waals surface area (Å²) in [6, 6.07) is 9.27. The number of hydrogen-bond donors (Lipinski definition) is 2. The van der Waals surface area contributed by atoms with Crippen LogP contribution in [0.1, 0.15) is 0 Å². The summed E-state index contributed by atoms with van der Waals surface area (Å²) in [5, 5.41) is 3.08. The van der Waals surface area contributed by atoms with Crippen LogP contribution in [-0.2, 0) is 0 Å². The largest absolute Gasteiger partial charge is 0.493 e. The third-order valence-electron chi connectivity index (χ3n) is 3.17. The van der Waals surface area contributed by atoms with Crippen molar-refractivity contribution in [3.05, 3.63) is 46.6 Å². The Morgan fingerprint density at radius 3 is 2.71 bits per heavy atom. The van der Waals surface area contributed by atoms with Gasteiger partial charge in [0.25, 0.3) is 0 Å². The summed E-state index contributed by atoms with van der Waals surface area (Å²) in [6.07, 6.45) is 0. The number of anilines is 1. The number of amides is 2. The average molecular weight is 284 g/mol. The van der Waals surface area contributed by atoms with E-state index in [0.29, 0.717) is 16.7 Å². The first-order valence-corrected chi connectivity index (χ1v) is 6.21. The Hall–Kier alpha value is -3.02. The van der Waals surface area contributed by atoms with Crippen LogP contribution in [0, 0.1) is 0 Å². The summed E-state index contributed by atoms with van der Waals surface area (Å²) in [7, 11) is 1.48. The first-order chi connectivity index (χ1) is 10.1. The third kappa shape index (κ3) is 2.06. The fourth-order valence-electron chi connectivity index (χ4n) is 2.28. The highest BCUT2D eigenvalue weighted by Crippen LogP contribution is 2.31. The minimum Gasteiger partial charge on any atom is -0.493 e. The molecule has 0 bridgehead atoms. The molecule has 0 aliphatic carbocycles. The molecule has 0 atom stereocenters. The van der Waals surface area contributed by atoms with Crippen LogP contribution in [0.15, 0.2) is 45.6 Å². The maximum atomic E-state index is 12.7. The van der Waals surface area contributed by atoms with Gasteiger partial charge in [0.15, 0.2) is 11.3 Å². The molecule has 3 aromatic rings. The molecule has 6 nitrogen and oxygen atoms in total. The molecule has 0 saturated carbocycles. The van der Waals surface area contributed by atoms with Crippen molar-refractivity contribution in [3.63, 3.8) is 0 Å². The van der Waals surface area contributed by atoms with Crippen LogP contribution in [0.5, 0.6) is 5.75 Å². The summed E-state index contributed by atoms with van der Waals surface area (Å²) < 4.78 is 11.0. The Kier molecular flexibility index (Phi) is 2.98. The maximum Gasteiger partial charge on any atom is 0.316 e. The number of ether oxygens (including phenoxy) is 1. The van der Waals surface area contributed by atoms with E-state index in [-0.39, 0.29) is 22.1 Å². The van der Waals surface area contributed by atoms with E-state index in [1.165, 1.54) is 7.11 Å². The van der Waals surface area contributed by atoms with Gasteiger partial charge in [0.05, 0.1) is 23.6 Å². The van der Waals surface area contributed by atoms with E-state index in [4.69, 9.17) is 14.9 Å². The zero-order chi connectivity index (χ0) is 15.0. The molecular weight excluding hydrogens is 272 g/mol. The van der Waals surface area contributed by atoms with E-state index in [1.54, 1.807) is 36.4 Å². The molecule has 2 aromatic carbocycles. The Morgan fingerprint density at radius 2 is 2.00 bits per heavy atom. The molecule has 0 spiro atoms. The van der Waals surface area contributed by atoms with Gasteiger partial charge in [-0.2, -0.15) is 0 Å². The van der Waals surface area contributed by atoms with Gasteiger partial charge in [-0.3, -0.25) is 4.79 Å². The van der Waals surface area contributed by atoms with E-state index in [0.717, 1.165) is 0 Å². The molecule has 6 heteroatoms. The van der Waals surface area contributed by atoms with Crippen LogP contribution in [0.25, 0.3) is 21.9 Å². The fraction of sp³-hybridized carbons (Fsp3) is 0.0667. The number of hydrogen-bond acceptors (Lipinski definition) is 4. The molecule has 21 heavy (non-hydrogen) atoms. The van der Waals surface area contributed by atoms with Crippen LogP contribution < -0.4 is 21.2 Å². The summed E-state index contributed by atoms with van der Waals surface area (Å²) in [5.41, 5.74) is 5.89. The van der Waals surface area contributed by atoms with Crippen molar-refractivity contribution in [2.75, 3.05) is 12.4 Å². The van der Waals surface area contributed by atoms with E-state index in [9.17, 15) is 9.59 Å². The van der Waals surface area contributed by atoms with E-state index >= 15 is 0 Å². The van der Waals surface area contributed by atoms with Crippen LogP contribution in [0.3, 0.4) is 0 Å². The predicted octanol–water partition coefficient (Wildman–Crippen LogP) is 2.45. The molecular formula is C15H12N2O4. The molecule has 2 amide bonds. The van der Waals surface area contributed by atoms with Gasteiger partial charge < -0.3 is 20.2 Å². The SMILES string of the molecule is COc1ccc(NC(N)=O)c2c(=O)c3ccccc3oc12. The number of benzene rings is 2. The molecule has 0 aliphatic heterocycles. The predicted molar refractivity (Wildman–Crippen MR) is 79.7 cm³/mol. The number of nitrogens with two attached hydrogens (primary N) is 1. The molecule has 3 N–H and O–H groups in total. The fourth-order valence-corrected chi connectivity index (χ4v) is 2.28. The zero-order valence-electron chi connectivity index (χ0n) is 11.2. The number of para-hydroxylation sites is 1. The lowest BCUT2D eigenvalue weighted by molar-refractivity contribution is 0.259. The second-order valence-electron chi connectivity index (χ2n) is 4.44. The van der Waals surface area contributed by atoms with Crippen molar-refractivity contribution in [1.82, 2.24) is 0 Å². The quantitative estimate of drug-likeness (QED) is 0.707. The van der Waals surface area contributed by atoms with Gasteiger partial charge in [0.2, 0.25) is 5.43 Å². The Bertz CT molecular complexity index is 915. The summed E-state index contributed by atoms with van der Waals surface area (Å²) in [4.78, 5) is 23.7. The second kappa shape index (κ2) is 4.82. The highest BCUT2D eigenvalue weighted by molar-refractivity contribution is 6.04. The highest BCUT2D eigenvalue weighted by Gasteiger charge is 2.16. The minimum atomic E-state index is -0.756. The molecule has 0 fully saturated rings. The average Bonchev–Trinajstić information content (AvgIpc) is 2.47. The van der Waals surface area contributed by atoms with E-state index in [2.05, 4.69) is 5.32 Å². The number of nitrogens with one attached hydrogen (secondary N) is 1. The maximum absolute atomic E-state index is 12.7. The van der Waals surface area contributed by atoms with Gasteiger partial charge >= 0.3 is 6.03 Å². The van der Waals surface area contributed by atoms with Gasteiger partial charge in [-0.25, -0.2) is 4.79 Å². The number of carbonyl (C=O) groups is 1. The van der Waals surface area contributed by atoms with E-state index < -0.39 is 6.03 Å². The lowest BCUT2D eigenvalue weighted by Crippen LogP contribution is -2.20.